The Kier molecular flexibility index (Phi) is 0.834. The first-order valence-electron chi connectivity index (χ1n) is 5.63. The van der Waals surface area contributed by atoms with E-state index in [1.807, 2.05) is 6.07 Å². The molecule has 0 aromatic heterocycles. The maximum Gasteiger partial charge on any atom is 0.0658 e. The van der Waals surface area contributed by atoms with Crippen LogP contribution < -0.4 is 0 Å². The predicted octanol–water partition coefficient (Wildman–Crippen LogP) is 2.34. The largest absolute Gasteiger partial charge is 0.198 e. The van der Waals surface area contributed by atoms with Crippen LogP contribution in [0.3, 0.4) is 0 Å². The zero-order valence-electron chi connectivity index (χ0n) is 10.4. The van der Waals surface area contributed by atoms with E-state index in [0.717, 1.165) is 0 Å². The van der Waals surface area contributed by atoms with Crippen molar-refractivity contribution >= 4 is 0 Å². The topological polar surface area (TPSA) is 23.8 Å². The Labute approximate surface area is 63.7 Å². The fourth-order valence-corrected chi connectivity index (χ4v) is 0.801. The summed E-state index contributed by atoms with van der Waals surface area (Å²) in [6.45, 7) is 1.44. The second-order valence-corrected chi connectivity index (χ2v) is 2.17. The van der Waals surface area contributed by atoms with Gasteiger partial charge in [0.25, 0.3) is 0 Å². The quantitative estimate of drug-likeness (QED) is 0.491. The molecule has 0 amide bonds. The van der Waals surface area contributed by atoms with E-state index in [9.17, 15) is 0 Å². The maximum atomic E-state index is 8.78. The highest BCUT2D eigenvalue weighted by Crippen LogP contribution is 2.28. The Bertz CT molecular complexity index is 269. The summed E-state index contributed by atoms with van der Waals surface area (Å²) in [6, 6.07) is 1.87. The smallest absolute Gasteiger partial charge is 0.0658 e. The summed E-state index contributed by atoms with van der Waals surface area (Å²) in [7, 11) is 0. The molecule has 1 aliphatic carbocycles. The third kappa shape index (κ3) is 1.45. The molecule has 0 spiro atoms. The minimum absolute atomic E-state index is 0.118. The van der Waals surface area contributed by atoms with Crippen molar-refractivity contribution in [2.45, 2.75) is 32.5 Å². The van der Waals surface area contributed by atoms with E-state index in [4.69, 9.17) is 12.1 Å². The molecule has 0 heterocycles. The number of rotatable bonds is 0. The second-order valence-electron chi connectivity index (χ2n) is 2.17. The molecule has 9 heavy (non-hydrogen) atoms. The molecule has 50 valence electrons. The molecule has 1 saturated carbocycles. The molecule has 0 N–H and O–H groups in total. The van der Waals surface area contributed by atoms with Gasteiger partial charge >= 0.3 is 0 Å². The summed E-state index contributed by atoms with van der Waals surface area (Å²) in [5.74, 6) is -2.14. The van der Waals surface area contributed by atoms with Gasteiger partial charge in [0.05, 0.1) is 6.07 Å². The first-order valence-corrected chi connectivity index (χ1v) is 2.97. The Hall–Kier alpha value is -0.510. The van der Waals surface area contributed by atoms with Gasteiger partial charge in [0, 0.05) is 12.8 Å². The van der Waals surface area contributed by atoms with E-state index >= 15 is 0 Å². The molecule has 4 atom stereocenters. The third-order valence-corrected chi connectivity index (χ3v) is 1.49. The average Bonchev–Trinajstić information content (AvgIpc) is 2.09. The molecule has 1 rings (SSSR count). The van der Waals surface area contributed by atoms with Gasteiger partial charge in [-0.25, -0.2) is 0 Å². The van der Waals surface area contributed by atoms with Gasteiger partial charge in [0.2, 0.25) is 0 Å². The fraction of sp³-hybridized carbons (Fsp3) is 0.875. The minimum atomic E-state index is -1.83. The van der Waals surface area contributed by atoms with Crippen LogP contribution in [-0.4, -0.2) is 0 Å². The Morgan fingerprint density at radius 3 is 3.33 bits per heavy atom. The third-order valence-electron chi connectivity index (χ3n) is 1.49. The molecule has 0 saturated heterocycles. The fourth-order valence-electron chi connectivity index (χ4n) is 0.801. The number of hydrogen-bond acceptors (Lipinski definition) is 1. The van der Waals surface area contributed by atoms with Gasteiger partial charge in [-0.2, -0.15) is 5.26 Å². The van der Waals surface area contributed by atoms with Crippen molar-refractivity contribution in [2.24, 2.45) is 11.8 Å². The minimum Gasteiger partial charge on any atom is -0.198 e. The van der Waals surface area contributed by atoms with Crippen molar-refractivity contribution in [1.29, 1.82) is 5.26 Å². The van der Waals surface area contributed by atoms with Gasteiger partial charge in [-0.05, 0) is 18.7 Å². The zero-order valence-corrected chi connectivity index (χ0v) is 5.39. The summed E-state index contributed by atoms with van der Waals surface area (Å²) < 4.78 is 37.9. The molecule has 1 aliphatic rings. The highest BCUT2D eigenvalue weighted by Gasteiger charge is 2.19. The SMILES string of the molecule is [2H][C@@H]1[C@@H]([2H])[C@@]([2H])(C)[C@@H](C#N)CC1([2H])[2H]. The van der Waals surface area contributed by atoms with Crippen LogP contribution >= 0.6 is 0 Å². The first kappa shape index (κ1) is 2.62. The van der Waals surface area contributed by atoms with Crippen LogP contribution in [0.5, 0.6) is 0 Å². The predicted molar refractivity (Wildman–Crippen MR) is 36.7 cm³/mol. The molecule has 1 heteroatoms. The molecule has 0 aromatic carbocycles. The molecule has 1 nitrogen and oxygen atoms in total. The number of nitrogens with zero attached hydrogens (tertiary/aromatic N) is 1. The summed E-state index contributed by atoms with van der Waals surface area (Å²) in [6.07, 6.45) is -4.36. The normalized spacial score (nSPS) is 73.8. The lowest BCUT2D eigenvalue weighted by molar-refractivity contribution is 0.313. The van der Waals surface area contributed by atoms with E-state index in [1.54, 1.807) is 0 Å². The van der Waals surface area contributed by atoms with E-state index in [-0.39, 0.29) is 6.42 Å². The Morgan fingerprint density at radius 2 is 2.67 bits per heavy atom. The van der Waals surface area contributed by atoms with Crippen LogP contribution in [-0.2, 0) is 0 Å². The van der Waals surface area contributed by atoms with Crippen molar-refractivity contribution in [3.63, 3.8) is 0 Å². The van der Waals surface area contributed by atoms with Gasteiger partial charge < -0.3 is 0 Å². The van der Waals surface area contributed by atoms with Crippen molar-refractivity contribution < 1.29 is 6.85 Å². The van der Waals surface area contributed by atoms with Crippen LogP contribution in [0.15, 0.2) is 0 Å². The number of nitriles is 1. The first-order chi connectivity index (χ1) is 6.23. The lowest BCUT2D eigenvalue weighted by Gasteiger charge is -2.22. The Morgan fingerprint density at radius 1 is 1.89 bits per heavy atom. The Balaban J connectivity index is 3.03. The molecule has 0 bridgehead atoms. The summed E-state index contributed by atoms with van der Waals surface area (Å²) in [5, 5.41) is 8.78. The molecule has 1 fully saturated rings. The van der Waals surface area contributed by atoms with Crippen molar-refractivity contribution in [2.75, 3.05) is 0 Å². The second kappa shape index (κ2) is 2.87. The van der Waals surface area contributed by atoms with Crippen LogP contribution in [0.2, 0.25) is 0 Å². The standard InChI is InChI=1S/C8H13N/c1-7-4-2-3-5-8(7)6-9/h7-8H,2-5H2,1H3/t7-,8-/m1/s1/i2D,3D2,4D,7D/t2-,4+,7+,8+/m0. The van der Waals surface area contributed by atoms with Crippen molar-refractivity contribution in [3.05, 3.63) is 0 Å². The number of hydrogen-bond donors (Lipinski definition) is 0. The van der Waals surface area contributed by atoms with Gasteiger partial charge in [0.15, 0.2) is 0 Å². The lowest BCUT2D eigenvalue weighted by atomic mass is 9.81. The van der Waals surface area contributed by atoms with Crippen LogP contribution in [0.25, 0.3) is 0 Å². The van der Waals surface area contributed by atoms with Gasteiger partial charge in [-0.3, -0.25) is 0 Å². The zero-order chi connectivity index (χ0) is 11.1. The van der Waals surface area contributed by atoms with E-state index in [2.05, 4.69) is 0 Å². The molecular weight excluding hydrogens is 110 g/mol. The van der Waals surface area contributed by atoms with E-state index in [1.165, 1.54) is 6.92 Å². The molecule has 0 aliphatic heterocycles. The van der Waals surface area contributed by atoms with Gasteiger partial charge in [0.1, 0.15) is 0 Å². The monoisotopic (exact) mass is 128 g/mol. The lowest BCUT2D eigenvalue weighted by Crippen LogP contribution is -2.14. The highest BCUT2D eigenvalue weighted by molar-refractivity contribution is 4.88. The van der Waals surface area contributed by atoms with E-state index in [0.29, 0.717) is 0 Å². The molecular formula is C8H13N. The van der Waals surface area contributed by atoms with E-state index < -0.39 is 31.0 Å². The van der Waals surface area contributed by atoms with Crippen LogP contribution in [0, 0.1) is 23.1 Å². The van der Waals surface area contributed by atoms with Crippen molar-refractivity contribution in [1.82, 2.24) is 0 Å². The average molecular weight is 128 g/mol. The van der Waals surface area contributed by atoms with Crippen LogP contribution in [0.4, 0.5) is 0 Å². The summed E-state index contributed by atoms with van der Waals surface area (Å²) >= 11 is 0. The van der Waals surface area contributed by atoms with Crippen LogP contribution in [0.1, 0.15) is 39.4 Å². The summed E-state index contributed by atoms with van der Waals surface area (Å²) in [4.78, 5) is 0. The van der Waals surface area contributed by atoms with Gasteiger partial charge in [-0.1, -0.05) is 19.7 Å². The maximum absolute atomic E-state index is 8.78. The summed E-state index contributed by atoms with van der Waals surface area (Å²) in [5.41, 5.74) is 0. The highest BCUT2D eigenvalue weighted by atomic mass is 14.3. The van der Waals surface area contributed by atoms with Gasteiger partial charge in [-0.15, -0.1) is 0 Å². The molecule has 0 unspecified atom stereocenters. The van der Waals surface area contributed by atoms with Crippen molar-refractivity contribution in [3.8, 4) is 6.07 Å². The molecule has 0 aromatic rings. The molecule has 0 radical (unpaired) electrons.